The number of unbranched alkanes of at least 4 members (excludes halogenated alkanes) is 2. The summed E-state index contributed by atoms with van der Waals surface area (Å²) < 4.78 is 0. The van der Waals surface area contributed by atoms with Gasteiger partial charge in [-0.15, -0.1) is 0 Å². The number of carbonyl (C=O) groups is 5. The zero-order valence-electron chi connectivity index (χ0n) is 24.7. The largest absolute Gasteiger partial charge is 0.354 e. The fourth-order valence-electron chi connectivity index (χ4n) is 4.90. The summed E-state index contributed by atoms with van der Waals surface area (Å²) in [5, 5.41) is 11.1. The predicted octanol–water partition coefficient (Wildman–Crippen LogP) is 1.06. The quantitative estimate of drug-likeness (QED) is 0.102. The Bertz CT molecular complexity index is 1010. The van der Waals surface area contributed by atoms with Crippen LogP contribution in [0, 0.1) is 0 Å². The Balaban J connectivity index is 1.93. The van der Waals surface area contributed by atoms with Gasteiger partial charge in [0.1, 0.15) is 18.1 Å². The lowest BCUT2D eigenvalue weighted by Crippen LogP contribution is -2.55. The molecule has 3 atom stereocenters. The predicted molar refractivity (Wildman–Crippen MR) is 166 cm³/mol. The van der Waals surface area contributed by atoms with Gasteiger partial charge in [0.15, 0.2) is 0 Å². The first-order valence-electron chi connectivity index (χ1n) is 15.1. The van der Waals surface area contributed by atoms with Crippen molar-refractivity contribution < 1.29 is 24.0 Å². The fourth-order valence-corrected chi connectivity index (χ4v) is 5.10. The second-order valence-corrected chi connectivity index (χ2v) is 11.0. The number of nitrogens with one attached hydrogen (secondary N) is 4. The summed E-state index contributed by atoms with van der Waals surface area (Å²) >= 11 is 4.06. The van der Waals surface area contributed by atoms with Crippen molar-refractivity contribution in [2.45, 2.75) is 89.3 Å². The van der Waals surface area contributed by atoms with Crippen LogP contribution in [-0.2, 0) is 30.4 Å². The van der Waals surface area contributed by atoms with Gasteiger partial charge in [-0.3, -0.25) is 24.0 Å². The normalized spacial score (nSPS) is 15.9. The maximum atomic E-state index is 13.3. The van der Waals surface area contributed by atoms with Crippen molar-refractivity contribution >= 4 is 42.2 Å². The summed E-state index contributed by atoms with van der Waals surface area (Å²) in [5.41, 5.74) is 6.67. The molecular formula is C30H48N6O5S. The van der Waals surface area contributed by atoms with Crippen molar-refractivity contribution in [2.24, 2.45) is 5.73 Å². The van der Waals surface area contributed by atoms with Crippen LogP contribution in [0.3, 0.4) is 0 Å². The third kappa shape index (κ3) is 12.4. The minimum Gasteiger partial charge on any atom is -0.354 e. The molecule has 0 saturated carbocycles. The van der Waals surface area contributed by atoms with Gasteiger partial charge in [-0.2, -0.15) is 12.6 Å². The second-order valence-electron chi connectivity index (χ2n) is 10.6. The van der Waals surface area contributed by atoms with E-state index in [2.05, 4.69) is 33.9 Å². The van der Waals surface area contributed by atoms with Gasteiger partial charge >= 0.3 is 0 Å². The third-order valence-electron chi connectivity index (χ3n) is 7.26. The molecule has 2 rings (SSSR count). The van der Waals surface area contributed by atoms with E-state index in [1.165, 1.54) is 4.90 Å². The highest BCUT2D eigenvalue weighted by Crippen LogP contribution is 2.18. The number of rotatable bonds is 19. The van der Waals surface area contributed by atoms with Crippen LogP contribution >= 0.6 is 12.6 Å². The zero-order chi connectivity index (χ0) is 30.7. The number of amides is 5. The molecule has 42 heavy (non-hydrogen) atoms. The molecule has 1 unspecified atom stereocenters. The highest BCUT2D eigenvalue weighted by Gasteiger charge is 2.36. The lowest BCUT2D eigenvalue weighted by Gasteiger charge is -2.27. The number of benzene rings is 1. The SMILES string of the molecule is CCCCC(NC(=O)[C@@H]1CCCN1C(=O)CNC(=O)[C@H](CCCCN)NC(=O)CCS)C(=O)NCCc1ccccc1. The molecule has 0 aromatic heterocycles. The number of carbonyl (C=O) groups excluding carboxylic acids is 5. The highest BCUT2D eigenvalue weighted by atomic mass is 32.1. The number of nitrogens with two attached hydrogens (primary N) is 1. The molecule has 0 aliphatic carbocycles. The average Bonchev–Trinajstić information content (AvgIpc) is 3.48. The molecular weight excluding hydrogens is 556 g/mol. The van der Waals surface area contributed by atoms with Gasteiger partial charge in [0, 0.05) is 19.5 Å². The standard InChI is InChI=1S/C30H48N6O5S/c1-2-3-12-24(28(39)32-18-15-22-10-5-4-6-11-22)35-30(41)25-14-9-19-36(25)27(38)21-33-29(40)23(13-7-8-17-31)34-26(37)16-20-42/h4-6,10-11,23-25,42H,2-3,7-9,12-21,31H2,1H3,(H,32,39)(H,33,40)(H,34,37)(H,35,41)/t23-,24?,25-/m0/s1. The lowest BCUT2D eigenvalue weighted by atomic mass is 10.1. The molecule has 0 bridgehead atoms. The van der Waals surface area contributed by atoms with Crippen molar-refractivity contribution in [2.75, 3.05) is 31.9 Å². The Morgan fingerprint density at radius 1 is 0.976 bits per heavy atom. The first-order chi connectivity index (χ1) is 20.3. The molecule has 0 radical (unpaired) electrons. The topological polar surface area (TPSA) is 163 Å². The zero-order valence-corrected chi connectivity index (χ0v) is 25.6. The lowest BCUT2D eigenvalue weighted by molar-refractivity contribution is -0.140. The van der Waals surface area contributed by atoms with E-state index in [1.807, 2.05) is 37.3 Å². The Morgan fingerprint density at radius 2 is 1.67 bits per heavy atom. The highest BCUT2D eigenvalue weighted by molar-refractivity contribution is 7.80. The van der Waals surface area contributed by atoms with Crippen molar-refractivity contribution in [3.05, 3.63) is 35.9 Å². The second kappa shape index (κ2) is 19.9. The monoisotopic (exact) mass is 604 g/mol. The molecule has 1 aromatic rings. The van der Waals surface area contributed by atoms with E-state index in [9.17, 15) is 24.0 Å². The summed E-state index contributed by atoms with van der Waals surface area (Å²) in [5.74, 6) is -1.39. The van der Waals surface area contributed by atoms with Gasteiger partial charge in [0.25, 0.3) is 0 Å². The van der Waals surface area contributed by atoms with Crippen molar-refractivity contribution in [3.8, 4) is 0 Å². The Hall–Kier alpha value is -3.12. The van der Waals surface area contributed by atoms with Crippen LogP contribution in [0.5, 0.6) is 0 Å². The van der Waals surface area contributed by atoms with Crippen LogP contribution < -0.4 is 27.0 Å². The number of hydrogen-bond acceptors (Lipinski definition) is 7. The third-order valence-corrected chi connectivity index (χ3v) is 7.49. The molecule has 234 valence electrons. The Labute approximate surface area is 254 Å². The molecule has 5 amide bonds. The minimum atomic E-state index is -0.783. The van der Waals surface area contributed by atoms with Crippen LogP contribution in [0.1, 0.15) is 70.3 Å². The molecule has 6 N–H and O–H groups in total. The molecule has 12 heteroatoms. The van der Waals surface area contributed by atoms with Crippen molar-refractivity contribution in [1.29, 1.82) is 0 Å². The average molecular weight is 605 g/mol. The number of thiol groups is 1. The maximum Gasteiger partial charge on any atom is 0.243 e. The van der Waals surface area contributed by atoms with Gasteiger partial charge in [-0.25, -0.2) is 0 Å². The molecule has 1 saturated heterocycles. The van der Waals surface area contributed by atoms with Gasteiger partial charge in [0.05, 0.1) is 6.54 Å². The first kappa shape index (κ1) is 35.1. The summed E-state index contributed by atoms with van der Waals surface area (Å²) in [4.78, 5) is 65.7. The fraction of sp³-hybridized carbons (Fsp3) is 0.633. The molecule has 1 aliphatic rings. The van der Waals surface area contributed by atoms with Gasteiger partial charge in [-0.05, 0) is 62.8 Å². The molecule has 11 nitrogen and oxygen atoms in total. The number of nitrogens with zero attached hydrogens (tertiary/aromatic N) is 1. The number of hydrogen-bond donors (Lipinski definition) is 6. The molecule has 1 fully saturated rings. The van der Waals surface area contributed by atoms with Crippen LogP contribution in [0.15, 0.2) is 30.3 Å². The minimum absolute atomic E-state index is 0.178. The summed E-state index contributed by atoms with van der Waals surface area (Å²) in [6, 6.07) is 7.65. The molecule has 1 aromatic carbocycles. The molecule has 0 spiro atoms. The van der Waals surface area contributed by atoms with E-state index in [0.29, 0.717) is 70.3 Å². The van der Waals surface area contributed by atoms with Crippen LogP contribution in [0.2, 0.25) is 0 Å². The van der Waals surface area contributed by atoms with Gasteiger partial charge in [0.2, 0.25) is 29.5 Å². The summed E-state index contributed by atoms with van der Waals surface area (Å²) in [7, 11) is 0. The van der Waals surface area contributed by atoms with E-state index >= 15 is 0 Å². The Kier molecular flexibility index (Phi) is 16.6. The number of likely N-dealkylation sites (tertiary alicyclic amines) is 1. The molecule has 1 aliphatic heterocycles. The van der Waals surface area contributed by atoms with E-state index in [1.54, 1.807) is 0 Å². The maximum absolute atomic E-state index is 13.3. The van der Waals surface area contributed by atoms with Crippen LogP contribution in [0.4, 0.5) is 0 Å². The van der Waals surface area contributed by atoms with Crippen LogP contribution in [-0.4, -0.2) is 84.5 Å². The van der Waals surface area contributed by atoms with Gasteiger partial charge < -0.3 is 31.9 Å². The van der Waals surface area contributed by atoms with Crippen molar-refractivity contribution in [1.82, 2.24) is 26.2 Å². The first-order valence-corrected chi connectivity index (χ1v) is 15.7. The molecule has 1 heterocycles. The van der Waals surface area contributed by atoms with Crippen LogP contribution in [0.25, 0.3) is 0 Å². The summed E-state index contributed by atoms with van der Waals surface area (Å²) in [6.07, 6.45) is 5.88. The van der Waals surface area contributed by atoms with E-state index in [0.717, 1.165) is 18.4 Å². The summed E-state index contributed by atoms with van der Waals surface area (Å²) in [6.45, 7) is 3.04. The van der Waals surface area contributed by atoms with Crippen molar-refractivity contribution in [3.63, 3.8) is 0 Å². The van der Waals surface area contributed by atoms with E-state index < -0.39 is 24.0 Å². The van der Waals surface area contributed by atoms with Gasteiger partial charge in [-0.1, -0.05) is 50.1 Å². The smallest absolute Gasteiger partial charge is 0.243 e. The van der Waals surface area contributed by atoms with E-state index in [-0.39, 0.29) is 36.6 Å². The van der Waals surface area contributed by atoms with E-state index in [4.69, 9.17) is 5.73 Å². The Morgan fingerprint density at radius 3 is 2.36 bits per heavy atom.